The van der Waals surface area contributed by atoms with Crippen LogP contribution in [0.5, 0.6) is 0 Å². The van der Waals surface area contributed by atoms with Crippen LogP contribution in [0.2, 0.25) is 0 Å². The number of hydrogen-bond acceptors (Lipinski definition) is 7. The summed E-state index contributed by atoms with van der Waals surface area (Å²) in [5.41, 5.74) is -1.61. The van der Waals surface area contributed by atoms with E-state index in [9.17, 15) is 28.8 Å². The van der Waals surface area contributed by atoms with Crippen LogP contribution in [-0.2, 0) is 28.7 Å². The lowest BCUT2D eigenvalue weighted by molar-refractivity contribution is -0.154. The summed E-state index contributed by atoms with van der Waals surface area (Å²) in [7, 11) is 0. The molecule has 3 fully saturated rings. The van der Waals surface area contributed by atoms with Gasteiger partial charge in [0.2, 0.25) is 17.6 Å². The number of esters is 1. The van der Waals surface area contributed by atoms with Gasteiger partial charge in [-0.3, -0.25) is 19.2 Å². The van der Waals surface area contributed by atoms with Crippen LogP contribution in [0.15, 0.2) is 12.7 Å². The molecule has 2 saturated carbocycles. The minimum atomic E-state index is -1.04. The Labute approximate surface area is 260 Å². The number of nitrogens with one attached hydrogen (secondary N) is 4. The van der Waals surface area contributed by atoms with Crippen molar-refractivity contribution in [2.45, 2.75) is 99.4 Å². The maximum Gasteiger partial charge on any atom is 0.329 e. The molecule has 0 aromatic heterocycles. The first-order valence-corrected chi connectivity index (χ1v) is 15.5. The highest BCUT2D eigenvalue weighted by Gasteiger charge is 2.69. The number of urea groups is 1. The average molecular weight is 618 g/mol. The summed E-state index contributed by atoms with van der Waals surface area (Å²) in [6, 6.07) is -3.57. The van der Waals surface area contributed by atoms with Crippen molar-refractivity contribution in [3.63, 3.8) is 0 Å². The van der Waals surface area contributed by atoms with Gasteiger partial charge >= 0.3 is 12.0 Å². The fourth-order valence-corrected chi connectivity index (χ4v) is 6.09. The van der Waals surface area contributed by atoms with Gasteiger partial charge in [-0.05, 0) is 53.8 Å². The second kappa shape index (κ2) is 12.9. The van der Waals surface area contributed by atoms with Crippen LogP contribution in [0.3, 0.4) is 0 Å². The Kier molecular flexibility index (Phi) is 10.3. The largest absolute Gasteiger partial charge is 0.461 e. The van der Waals surface area contributed by atoms with E-state index in [1.54, 1.807) is 20.8 Å². The van der Waals surface area contributed by atoms with Crippen LogP contribution in [0.25, 0.3) is 0 Å². The molecule has 1 unspecified atom stereocenters. The molecular weight excluding hydrogens is 566 g/mol. The number of carbonyl (C=O) groups excluding carboxylic acids is 6. The summed E-state index contributed by atoms with van der Waals surface area (Å²) in [5.74, 6) is -2.89. The molecule has 0 bridgehead atoms. The zero-order valence-electron chi connectivity index (χ0n) is 27.7. The summed E-state index contributed by atoms with van der Waals surface area (Å²) in [6.45, 7) is 20.2. The second-order valence-electron chi connectivity index (χ2n) is 15.2. The molecule has 5 amide bonds. The molecule has 246 valence electrons. The van der Waals surface area contributed by atoms with Gasteiger partial charge in [-0.25, -0.2) is 9.59 Å². The van der Waals surface area contributed by atoms with E-state index in [0.717, 1.165) is 12.8 Å². The highest BCUT2D eigenvalue weighted by molar-refractivity contribution is 6.37. The second-order valence-corrected chi connectivity index (χ2v) is 15.2. The number of piperidine rings is 1. The van der Waals surface area contributed by atoms with Gasteiger partial charge in [-0.2, -0.15) is 0 Å². The monoisotopic (exact) mass is 617 g/mol. The van der Waals surface area contributed by atoms with Crippen molar-refractivity contribution in [1.82, 2.24) is 26.2 Å². The predicted molar refractivity (Wildman–Crippen MR) is 164 cm³/mol. The molecule has 12 heteroatoms. The number of hydrogen-bond donors (Lipinski definition) is 4. The van der Waals surface area contributed by atoms with Crippen LogP contribution in [0.1, 0.15) is 75.2 Å². The van der Waals surface area contributed by atoms with E-state index < -0.39 is 71.0 Å². The van der Waals surface area contributed by atoms with Gasteiger partial charge in [0.25, 0.3) is 5.91 Å². The van der Waals surface area contributed by atoms with E-state index in [-0.39, 0.29) is 29.9 Å². The van der Waals surface area contributed by atoms with Gasteiger partial charge in [0.15, 0.2) is 0 Å². The standard InChI is InChI=1S/C32H51N5O7/c1-11-14-33-25(39)20(38)15-34-26(40)22-21-19(32(21,9)10)16-37(22)27(41)23(30(3,4)5)35-29(43)36-24(31(6,7)8)28(42)44-17(2)18-12-13-18/h11,17-19,21-24H,1,12-16H2,2-10H3,(H,33,39)(H,34,40)(H2,35,36,43)/t17?,19-,21-,22-,23+,24+/m0/s1. The summed E-state index contributed by atoms with van der Waals surface area (Å²) < 4.78 is 5.66. The maximum absolute atomic E-state index is 14.1. The van der Waals surface area contributed by atoms with Crippen molar-refractivity contribution in [1.29, 1.82) is 0 Å². The van der Waals surface area contributed by atoms with Crippen molar-refractivity contribution >= 4 is 35.5 Å². The lowest BCUT2D eigenvalue weighted by Crippen LogP contribution is -2.62. The van der Waals surface area contributed by atoms with E-state index >= 15 is 0 Å². The number of ether oxygens (including phenoxy) is 1. The van der Waals surface area contributed by atoms with Crippen molar-refractivity contribution in [3.8, 4) is 0 Å². The van der Waals surface area contributed by atoms with E-state index in [4.69, 9.17) is 4.74 Å². The van der Waals surface area contributed by atoms with E-state index in [2.05, 4.69) is 27.8 Å². The predicted octanol–water partition coefficient (Wildman–Crippen LogP) is 1.93. The van der Waals surface area contributed by atoms with Crippen molar-refractivity contribution in [2.75, 3.05) is 19.6 Å². The molecule has 0 radical (unpaired) electrons. The molecule has 12 nitrogen and oxygen atoms in total. The first-order chi connectivity index (χ1) is 20.2. The maximum atomic E-state index is 14.1. The lowest BCUT2D eigenvalue weighted by atomic mass is 9.85. The van der Waals surface area contributed by atoms with Crippen molar-refractivity contribution in [3.05, 3.63) is 12.7 Å². The van der Waals surface area contributed by atoms with E-state index in [0.29, 0.717) is 12.5 Å². The molecule has 3 rings (SSSR count). The number of rotatable bonds is 12. The normalized spacial score (nSPS) is 24.1. The Morgan fingerprint density at radius 1 is 0.955 bits per heavy atom. The molecular formula is C32H51N5O7. The zero-order valence-corrected chi connectivity index (χ0v) is 27.7. The van der Waals surface area contributed by atoms with Crippen LogP contribution in [-0.4, -0.2) is 84.3 Å². The highest BCUT2D eigenvalue weighted by Crippen LogP contribution is 2.65. The molecule has 1 heterocycles. The Balaban J connectivity index is 1.74. The third-order valence-corrected chi connectivity index (χ3v) is 9.20. The SMILES string of the molecule is C=CCNC(=O)C(=O)CNC(=O)[C@@H]1[C@@H]2[C@H](CN1C(=O)[C@@H](NC(=O)N[C@H](C(=O)OC(C)C1CC1)C(C)(C)C)C(C)(C)C)C2(C)C. The molecule has 1 saturated heterocycles. The Hall–Kier alpha value is -3.44. The smallest absolute Gasteiger partial charge is 0.329 e. The van der Waals surface area contributed by atoms with Crippen LogP contribution in [0.4, 0.5) is 4.79 Å². The number of nitrogens with zero attached hydrogens (tertiary/aromatic N) is 1. The number of fused-ring (bicyclic) bond motifs is 1. The van der Waals surface area contributed by atoms with Gasteiger partial charge in [-0.15, -0.1) is 6.58 Å². The molecule has 6 atom stereocenters. The summed E-state index contributed by atoms with van der Waals surface area (Å²) >= 11 is 0. The fourth-order valence-electron chi connectivity index (χ4n) is 6.09. The minimum absolute atomic E-state index is 0.0664. The van der Waals surface area contributed by atoms with Crippen molar-refractivity contribution < 1.29 is 33.5 Å². The molecule has 0 spiro atoms. The van der Waals surface area contributed by atoms with Gasteiger partial charge in [0.1, 0.15) is 24.2 Å². The average Bonchev–Trinajstić information content (AvgIpc) is 3.79. The molecule has 2 aliphatic carbocycles. The van der Waals surface area contributed by atoms with E-state index in [1.807, 2.05) is 41.5 Å². The number of Topliss-reactive ketones (excluding diaryl/α,β-unsaturated/α-hetero) is 1. The van der Waals surface area contributed by atoms with Gasteiger partial charge in [0.05, 0.1) is 6.54 Å². The van der Waals surface area contributed by atoms with Crippen LogP contribution >= 0.6 is 0 Å². The molecule has 1 aliphatic heterocycles. The minimum Gasteiger partial charge on any atom is -0.461 e. The molecule has 0 aromatic carbocycles. The van der Waals surface area contributed by atoms with Gasteiger partial charge in [0, 0.05) is 13.1 Å². The molecule has 44 heavy (non-hydrogen) atoms. The zero-order chi connectivity index (χ0) is 33.4. The van der Waals surface area contributed by atoms with Crippen LogP contribution in [0, 0.1) is 34.0 Å². The third kappa shape index (κ3) is 7.98. The summed E-state index contributed by atoms with van der Waals surface area (Å²) in [5, 5.41) is 10.4. The number of likely N-dealkylation sites (tertiary alicyclic amines) is 1. The van der Waals surface area contributed by atoms with Gasteiger partial charge < -0.3 is 30.9 Å². The Morgan fingerprint density at radius 3 is 2.05 bits per heavy atom. The quantitative estimate of drug-likeness (QED) is 0.148. The summed E-state index contributed by atoms with van der Waals surface area (Å²) in [4.78, 5) is 79.6. The molecule has 3 aliphatic rings. The molecule has 0 aromatic rings. The first-order valence-electron chi connectivity index (χ1n) is 15.5. The lowest BCUT2D eigenvalue weighted by Gasteiger charge is -2.38. The highest BCUT2D eigenvalue weighted by atomic mass is 16.5. The van der Waals surface area contributed by atoms with Crippen molar-refractivity contribution in [2.24, 2.45) is 34.0 Å². The third-order valence-electron chi connectivity index (χ3n) is 9.20. The number of ketones is 1. The Bertz CT molecular complexity index is 1180. The molecule has 4 N–H and O–H groups in total. The topological polar surface area (TPSA) is 163 Å². The van der Waals surface area contributed by atoms with Crippen LogP contribution < -0.4 is 21.3 Å². The number of amides is 5. The van der Waals surface area contributed by atoms with Gasteiger partial charge in [-0.1, -0.05) is 61.5 Å². The summed E-state index contributed by atoms with van der Waals surface area (Å²) in [6.07, 6.45) is 3.21. The fraction of sp³-hybridized carbons (Fsp3) is 0.750. The first kappa shape index (κ1) is 35.0. The number of carbonyl (C=O) groups is 6. The Morgan fingerprint density at radius 2 is 1.52 bits per heavy atom. The van der Waals surface area contributed by atoms with E-state index in [1.165, 1.54) is 11.0 Å².